The highest BCUT2D eigenvalue weighted by molar-refractivity contribution is 5.66. The van der Waals surface area contributed by atoms with Crippen molar-refractivity contribution >= 4 is 12.2 Å². The predicted molar refractivity (Wildman–Crippen MR) is 121 cm³/mol. The van der Waals surface area contributed by atoms with Gasteiger partial charge in [0.05, 0.1) is 5.56 Å². The predicted octanol–water partition coefficient (Wildman–Crippen LogP) is 6.20. The molecule has 0 aliphatic heterocycles. The van der Waals surface area contributed by atoms with Gasteiger partial charge in [-0.2, -0.15) is 18.3 Å². The van der Waals surface area contributed by atoms with E-state index in [-0.39, 0.29) is 18.1 Å². The van der Waals surface area contributed by atoms with E-state index in [1.165, 1.54) is 30.3 Å². The minimum Gasteiger partial charge on any atom is -0.487 e. The topological polar surface area (TPSA) is 66.0 Å². The van der Waals surface area contributed by atoms with Crippen molar-refractivity contribution in [3.63, 3.8) is 0 Å². The molecule has 0 amide bonds. The van der Waals surface area contributed by atoms with Gasteiger partial charge in [0.15, 0.2) is 0 Å². The van der Waals surface area contributed by atoms with Crippen molar-refractivity contribution in [2.24, 2.45) is 0 Å². The first-order valence-electron chi connectivity index (χ1n) is 10.9. The molecule has 182 valence electrons. The van der Waals surface area contributed by atoms with Gasteiger partial charge in [-0.1, -0.05) is 18.2 Å². The highest BCUT2D eigenvalue weighted by Gasteiger charge is 2.30. The molecule has 0 saturated heterocycles. The number of hydrogen-bond donors (Lipinski definition) is 0. The summed E-state index contributed by atoms with van der Waals surface area (Å²) in [7, 11) is 0. The normalized spacial score (nSPS) is 11.9. The van der Waals surface area contributed by atoms with E-state index in [1.807, 2.05) is 28.9 Å². The largest absolute Gasteiger partial charge is 0.487 e. The average Bonchev–Trinajstić information content (AvgIpc) is 3.52. The summed E-state index contributed by atoms with van der Waals surface area (Å²) in [4.78, 5) is 8.15. The third-order valence-electron chi connectivity index (χ3n) is 5.18. The molecule has 0 spiro atoms. The van der Waals surface area contributed by atoms with Crippen LogP contribution < -0.4 is 4.74 Å². The van der Waals surface area contributed by atoms with Crippen LogP contribution in [0.5, 0.6) is 5.75 Å². The lowest BCUT2D eigenvalue weighted by Crippen LogP contribution is -2.05. The first-order chi connectivity index (χ1) is 16.9. The summed E-state index contributed by atoms with van der Waals surface area (Å²) in [6, 6.07) is 10.1. The summed E-state index contributed by atoms with van der Waals surface area (Å²) in [5.74, 6) is -0.114. The summed E-state index contributed by atoms with van der Waals surface area (Å²) in [5.41, 5.74) is 0.682. The Balaban J connectivity index is 1.24. The van der Waals surface area contributed by atoms with Gasteiger partial charge >= 0.3 is 6.18 Å². The first kappa shape index (κ1) is 24.2. The third kappa shape index (κ3) is 7.02. The molecule has 6 nitrogen and oxygen atoms in total. The number of rotatable bonds is 10. The van der Waals surface area contributed by atoms with Crippen LogP contribution in [-0.2, 0) is 25.7 Å². The van der Waals surface area contributed by atoms with Crippen molar-refractivity contribution in [2.45, 2.75) is 38.6 Å². The summed E-state index contributed by atoms with van der Waals surface area (Å²) in [6.45, 7) is 1.01. The molecule has 0 atom stereocenters. The molecule has 4 rings (SSSR count). The zero-order valence-corrected chi connectivity index (χ0v) is 18.6. The molecule has 10 heteroatoms. The van der Waals surface area contributed by atoms with Crippen molar-refractivity contribution in [3.8, 4) is 5.75 Å². The van der Waals surface area contributed by atoms with E-state index in [2.05, 4.69) is 15.1 Å². The number of ether oxygens (including phenoxy) is 1. The van der Waals surface area contributed by atoms with E-state index in [0.29, 0.717) is 17.5 Å². The summed E-state index contributed by atoms with van der Waals surface area (Å²) in [6.07, 6.45) is 5.73. The van der Waals surface area contributed by atoms with Crippen LogP contribution in [0.3, 0.4) is 0 Å². The second-order valence-corrected chi connectivity index (χ2v) is 7.79. The number of hydrogen-bond acceptors (Lipinski definition) is 5. The number of unbranched alkanes of at least 4 members (excludes halogenated alkanes) is 1. The van der Waals surface area contributed by atoms with Crippen LogP contribution in [0.1, 0.15) is 41.1 Å². The van der Waals surface area contributed by atoms with Crippen LogP contribution in [-0.4, -0.2) is 19.7 Å². The number of alkyl halides is 3. The smallest absolute Gasteiger partial charge is 0.416 e. The minimum atomic E-state index is -4.60. The zero-order chi connectivity index (χ0) is 24.7. The Morgan fingerprint density at radius 3 is 2.57 bits per heavy atom. The second-order valence-electron chi connectivity index (χ2n) is 7.79. The molecule has 2 aromatic heterocycles. The maximum absolute atomic E-state index is 13.9. The Bertz CT molecular complexity index is 1250. The van der Waals surface area contributed by atoms with E-state index in [9.17, 15) is 17.6 Å². The highest BCUT2D eigenvalue weighted by atomic mass is 19.4. The number of oxazole rings is 1. The number of nitrogens with zero attached hydrogens (tertiary/aromatic N) is 4. The molecular formula is C25H22F4N4O2. The Labute approximate surface area is 198 Å². The fraction of sp³-hybridized carbons (Fsp3) is 0.240. The Morgan fingerprint density at radius 2 is 1.86 bits per heavy atom. The maximum Gasteiger partial charge on any atom is 0.416 e. The second kappa shape index (κ2) is 11.0. The van der Waals surface area contributed by atoms with Gasteiger partial charge in [-0.15, -0.1) is 0 Å². The van der Waals surface area contributed by atoms with E-state index < -0.39 is 17.6 Å². The molecule has 0 radical (unpaired) electrons. The molecule has 0 aliphatic carbocycles. The molecule has 0 saturated carbocycles. The number of halogens is 4. The van der Waals surface area contributed by atoms with E-state index >= 15 is 0 Å². The van der Waals surface area contributed by atoms with Crippen molar-refractivity contribution in [3.05, 3.63) is 95.5 Å². The molecular weight excluding hydrogens is 464 g/mol. The minimum absolute atomic E-state index is 0.00696. The Hall–Kier alpha value is -3.95. The zero-order valence-electron chi connectivity index (χ0n) is 18.6. The fourth-order valence-corrected chi connectivity index (χ4v) is 3.33. The standard InChI is InChI=1S/C25H22F4N4O2/c26-23-13-20(25(27,28)29)8-6-19(23)7-11-24-32-21(15-35-24)14-34-22-9-4-18(5-10-22)3-1-2-12-33-17-30-16-31-33/h4-11,13,15-17H,1-3,12,14H2. The Kier molecular flexibility index (Phi) is 7.59. The Morgan fingerprint density at radius 1 is 1.03 bits per heavy atom. The van der Waals surface area contributed by atoms with Crippen molar-refractivity contribution < 1.29 is 26.7 Å². The van der Waals surface area contributed by atoms with Crippen molar-refractivity contribution in [2.75, 3.05) is 0 Å². The number of aromatic nitrogens is 4. The molecule has 0 fully saturated rings. The first-order valence-corrected chi connectivity index (χ1v) is 10.9. The third-order valence-corrected chi connectivity index (χ3v) is 5.18. The highest BCUT2D eigenvalue weighted by Crippen LogP contribution is 2.30. The van der Waals surface area contributed by atoms with Crippen LogP contribution >= 0.6 is 0 Å². The SMILES string of the molecule is Fc1cc(C(F)(F)F)ccc1C=Cc1nc(COc2ccc(CCCCn3cncn3)cc2)co1. The van der Waals surface area contributed by atoms with Crippen molar-refractivity contribution in [1.82, 2.24) is 19.7 Å². The molecule has 2 heterocycles. The molecule has 0 unspecified atom stereocenters. The molecule has 0 aliphatic rings. The van der Waals surface area contributed by atoms with Crippen LogP contribution in [0.25, 0.3) is 12.2 Å². The number of aryl methyl sites for hydroxylation is 2. The van der Waals surface area contributed by atoms with E-state index in [1.54, 1.807) is 6.33 Å². The van der Waals surface area contributed by atoms with Gasteiger partial charge < -0.3 is 9.15 Å². The lowest BCUT2D eigenvalue weighted by molar-refractivity contribution is -0.137. The van der Waals surface area contributed by atoms with Crippen LogP contribution in [0.4, 0.5) is 17.6 Å². The quantitative estimate of drug-likeness (QED) is 0.197. The summed E-state index contributed by atoms with van der Waals surface area (Å²) >= 11 is 0. The fourth-order valence-electron chi connectivity index (χ4n) is 3.33. The molecule has 0 N–H and O–H groups in total. The lowest BCUT2D eigenvalue weighted by atomic mass is 10.1. The molecule has 0 bridgehead atoms. The summed E-state index contributed by atoms with van der Waals surface area (Å²) in [5, 5.41) is 4.08. The lowest BCUT2D eigenvalue weighted by Gasteiger charge is -2.07. The summed E-state index contributed by atoms with van der Waals surface area (Å²) < 4.78 is 64.7. The van der Waals surface area contributed by atoms with E-state index in [0.717, 1.165) is 37.9 Å². The van der Waals surface area contributed by atoms with Crippen molar-refractivity contribution in [1.29, 1.82) is 0 Å². The van der Waals surface area contributed by atoms with E-state index in [4.69, 9.17) is 9.15 Å². The van der Waals surface area contributed by atoms with Gasteiger partial charge in [0.2, 0.25) is 5.89 Å². The van der Waals surface area contributed by atoms with Gasteiger partial charge in [0, 0.05) is 18.2 Å². The molecule has 4 aromatic rings. The van der Waals surface area contributed by atoms with Crippen LogP contribution in [0.2, 0.25) is 0 Å². The van der Waals surface area contributed by atoms with Gasteiger partial charge in [-0.25, -0.2) is 14.4 Å². The van der Waals surface area contributed by atoms with Gasteiger partial charge in [0.1, 0.15) is 42.8 Å². The average molecular weight is 486 g/mol. The van der Waals surface area contributed by atoms with Crippen LogP contribution in [0.15, 0.2) is 65.8 Å². The molecule has 2 aromatic carbocycles. The van der Waals surface area contributed by atoms with Gasteiger partial charge in [-0.3, -0.25) is 4.68 Å². The van der Waals surface area contributed by atoms with Gasteiger partial charge in [-0.05, 0) is 55.2 Å². The maximum atomic E-state index is 13.9. The van der Waals surface area contributed by atoms with Crippen LogP contribution in [0, 0.1) is 5.82 Å². The number of benzene rings is 2. The molecule has 35 heavy (non-hydrogen) atoms. The monoisotopic (exact) mass is 486 g/mol. The van der Waals surface area contributed by atoms with Gasteiger partial charge in [0.25, 0.3) is 0 Å².